The molecule has 16 nitrogen and oxygen atoms in total. The van der Waals surface area contributed by atoms with Gasteiger partial charge in [0, 0.05) is 59.4 Å². The molecule has 2 spiro atoms. The van der Waals surface area contributed by atoms with Gasteiger partial charge in [0.1, 0.15) is 22.7 Å². The van der Waals surface area contributed by atoms with Gasteiger partial charge in [0.15, 0.2) is 11.6 Å². The molecule has 0 bridgehead atoms. The maximum absolute atomic E-state index is 14.4. The van der Waals surface area contributed by atoms with E-state index in [1.807, 2.05) is 26.0 Å². The number of esters is 1. The van der Waals surface area contributed by atoms with Gasteiger partial charge in [-0.05, 0) is 142 Å². The van der Waals surface area contributed by atoms with Crippen LogP contribution in [0, 0.1) is 48.3 Å². The van der Waals surface area contributed by atoms with Crippen molar-refractivity contribution in [2.24, 2.45) is 34.5 Å². The van der Waals surface area contributed by atoms with Crippen LogP contribution in [0.4, 0.5) is 26.3 Å². The van der Waals surface area contributed by atoms with Crippen molar-refractivity contribution in [2.75, 3.05) is 19.7 Å². The number of fused-ring (bicyclic) bond motifs is 10. The highest BCUT2D eigenvalue weighted by molar-refractivity contribution is 7.91. The molecule has 4 aromatic rings. The second kappa shape index (κ2) is 25.2. The lowest BCUT2D eigenvalue weighted by Crippen LogP contribution is -2.47. The standard InChI is InChI=1S/C37H44F3N3O6S.C35H41F3N2O5/c1-22-10-7-5-4-6-8-11-24-18-36(24,33(46)42-50(47,48)34(3)16-17-34)20-29(44)28-19-35(21-43(28)32(22)45)15-14-26-25-12-9-13-27(37(38,39)40)30(25)41-23(2)31(26)49-35;1-4-44-32(43)34-17-23(34)12-9-7-5-6-8-11-21(2)31(42)40-20-33(18-27(40)28(41)19-34)16-15-25-24-13-10-14-26(35(36,37)38)29(24)39-22(3)30(25)45-33/h8-9,11-13,22,24,28H,4-7,10,14-21H2,1-3H3,(H,42,46);9-10,12-14,21,23,27H,4-8,11,15-20H2,1-3H3/b11-8-;12-9-/t22-,24+,28-,35+,36+;21-,23+,27-,33+,34+/m00/s1. The van der Waals surface area contributed by atoms with Gasteiger partial charge in [-0.15, -0.1) is 0 Å². The third kappa shape index (κ3) is 12.9. The van der Waals surface area contributed by atoms with Crippen molar-refractivity contribution in [1.29, 1.82) is 0 Å². The molecule has 5 fully saturated rings. The number of benzene rings is 2. The maximum atomic E-state index is 14.4. The minimum atomic E-state index is -4.58. The van der Waals surface area contributed by atoms with E-state index in [1.54, 1.807) is 49.6 Å². The molecule has 13 rings (SSSR count). The van der Waals surface area contributed by atoms with Crippen LogP contribution < -0.4 is 14.2 Å². The van der Waals surface area contributed by atoms with E-state index >= 15 is 0 Å². The van der Waals surface area contributed by atoms with Crippen molar-refractivity contribution in [3.63, 3.8) is 0 Å². The quantitative estimate of drug-likeness (QED) is 0.112. The molecule has 3 saturated carbocycles. The van der Waals surface area contributed by atoms with Crippen molar-refractivity contribution < 1.29 is 77.7 Å². The fourth-order valence-electron chi connectivity index (χ4n) is 16.1. The van der Waals surface area contributed by atoms with Crippen LogP contribution in [0.15, 0.2) is 60.7 Å². The summed E-state index contributed by atoms with van der Waals surface area (Å²) in [4.78, 5) is 95.6. The Labute approximate surface area is 550 Å². The van der Waals surface area contributed by atoms with Crippen molar-refractivity contribution in [1.82, 2.24) is 24.5 Å². The molecule has 6 aliphatic heterocycles. The zero-order chi connectivity index (χ0) is 68.0. The number of ketones is 2. The van der Waals surface area contributed by atoms with Gasteiger partial charge in [0.05, 0.1) is 80.9 Å². The van der Waals surface area contributed by atoms with Gasteiger partial charge in [0.25, 0.3) is 0 Å². The molecule has 2 saturated heterocycles. The first-order chi connectivity index (χ1) is 44.9. The summed E-state index contributed by atoms with van der Waals surface area (Å²) in [5, 5.41) is 0.762. The molecule has 10 atom stereocenters. The molecule has 3 aliphatic carbocycles. The third-order valence-corrected chi connectivity index (χ3v) is 24.5. The smallest absolute Gasteiger partial charge is 0.418 e. The van der Waals surface area contributed by atoms with Crippen LogP contribution in [0.2, 0.25) is 0 Å². The number of Topliss-reactive ketones (excluding diaryl/α,β-unsaturated/α-hetero) is 2. The summed E-state index contributed by atoms with van der Waals surface area (Å²) in [6.07, 6.45) is 11.1. The van der Waals surface area contributed by atoms with Crippen LogP contribution in [0.5, 0.6) is 11.5 Å². The van der Waals surface area contributed by atoms with Crippen molar-refractivity contribution >= 4 is 67.1 Å². The van der Waals surface area contributed by atoms with E-state index in [0.717, 1.165) is 63.5 Å². The molecule has 512 valence electrons. The first-order valence-electron chi connectivity index (χ1n) is 34.0. The Morgan fingerprint density at radius 1 is 0.642 bits per heavy atom. The van der Waals surface area contributed by atoms with E-state index in [4.69, 9.17) is 14.2 Å². The number of hydrogen-bond acceptors (Lipinski definition) is 13. The molecule has 0 radical (unpaired) electrons. The number of carbonyl (C=O) groups is 6. The maximum Gasteiger partial charge on any atom is 0.418 e. The first kappa shape index (κ1) is 68.0. The summed E-state index contributed by atoms with van der Waals surface area (Å²) in [5.74, 6) is -2.05. The van der Waals surface area contributed by atoms with Crippen molar-refractivity contribution in [2.45, 2.75) is 223 Å². The van der Waals surface area contributed by atoms with Crippen LogP contribution in [-0.4, -0.2) is 111 Å². The Bertz CT molecular complexity index is 3960. The van der Waals surface area contributed by atoms with Crippen LogP contribution >= 0.6 is 0 Å². The van der Waals surface area contributed by atoms with E-state index in [-0.39, 0.29) is 109 Å². The Balaban J connectivity index is 0.000000183. The average molecular weight is 1340 g/mol. The number of alkyl halides is 6. The van der Waals surface area contributed by atoms with E-state index in [2.05, 4.69) is 26.8 Å². The largest absolute Gasteiger partial charge is 0.483 e. The number of aryl methyl sites for hydroxylation is 4. The zero-order valence-electron chi connectivity index (χ0n) is 54.9. The fraction of sp³-hybridized carbons (Fsp3) is 0.611. The second-order valence-electron chi connectivity index (χ2n) is 29.1. The number of amides is 3. The van der Waals surface area contributed by atoms with Gasteiger partial charge in [0.2, 0.25) is 27.7 Å². The van der Waals surface area contributed by atoms with Crippen LogP contribution in [-0.2, 0) is 68.7 Å². The highest BCUT2D eigenvalue weighted by Crippen LogP contribution is 2.60. The van der Waals surface area contributed by atoms with Gasteiger partial charge in [-0.3, -0.25) is 33.5 Å². The van der Waals surface area contributed by atoms with Gasteiger partial charge >= 0.3 is 18.3 Å². The minimum absolute atomic E-state index is 0.0121. The second-order valence-corrected chi connectivity index (χ2v) is 31.3. The molecule has 95 heavy (non-hydrogen) atoms. The summed E-state index contributed by atoms with van der Waals surface area (Å²) in [7, 11) is -3.93. The molecule has 2 aromatic heterocycles. The highest BCUT2D eigenvalue weighted by Gasteiger charge is 2.65. The summed E-state index contributed by atoms with van der Waals surface area (Å²) in [6.45, 7) is 10.9. The number of rotatable bonds is 5. The number of halogens is 6. The number of hydrogen-bond donors (Lipinski definition) is 1. The molecule has 3 amide bonds. The van der Waals surface area contributed by atoms with E-state index in [9.17, 15) is 63.5 Å². The summed E-state index contributed by atoms with van der Waals surface area (Å²) in [6, 6.07) is 6.37. The Kier molecular flexibility index (Phi) is 18.0. The number of ether oxygens (including phenoxy) is 3. The number of carbonyl (C=O) groups excluding carboxylic acids is 6. The highest BCUT2D eigenvalue weighted by atomic mass is 32.2. The molecule has 1 N–H and O–H groups in total. The summed E-state index contributed by atoms with van der Waals surface area (Å²) >= 11 is 0. The first-order valence-corrected chi connectivity index (χ1v) is 35.5. The lowest BCUT2D eigenvalue weighted by molar-refractivity contribution is -0.152. The van der Waals surface area contributed by atoms with E-state index in [1.165, 1.54) is 12.1 Å². The summed E-state index contributed by atoms with van der Waals surface area (Å²) in [5.41, 5.74) is -3.95. The Morgan fingerprint density at radius 3 is 1.53 bits per heavy atom. The Hall–Kier alpha value is -6.91. The molecule has 8 heterocycles. The number of nitrogens with one attached hydrogen (secondary N) is 1. The van der Waals surface area contributed by atoms with Crippen LogP contribution in [0.1, 0.15) is 190 Å². The number of sulfonamides is 1. The van der Waals surface area contributed by atoms with Gasteiger partial charge in [-0.2, -0.15) is 26.3 Å². The molecule has 9 aliphatic rings. The number of pyridine rings is 2. The zero-order valence-corrected chi connectivity index (χ0v) is 55.7. The number of allylic oxidation sites excluding steroid dienone is 4. The van der Waals surface area contributed by atoms with Gasteiger partial charge < -0.3 is 24.0 Å². The molecule has 2 aromatic carbocycles. The van der Waals surface area contributed by atoms with E-state index in [0.29, 0.717) is 109 Å². The Morgan fingerprint density at radius 2 is 1.08 bits per heavy atom. The van der Waals surface area contributed by atoms with Gasteiger partial charge in [-0.1, -0.05) is 88.1 Å². The molecule has 0 unspecified atom stereocenters. The van der Waals surface area contributed by atoms with Gasteiger partial charge in [-0.25, -0.2) is 18.4 Å². The predicted octanol–water partition coefficient (Wildman–Crippen LogP) is 13.3. The number of aromatic nitrogens is 2. The molecular weight excluding hydrogens is 1260 g/mol. The van der Waals surface area contributed by atoms with E-state index < -0.39 is 78.3 Å². The topological polar surface area (TPSA) is 209 Å². The molecular formula is C72H85F6N5O11S. The normalized spacial score (nSPS) is 31.6. The van der Waals surface area contributed by atoms with Crippen LogP contribution in [0.25, 0.3) is 21.8 Å². The monoisotopic (exact) mass is 1340 g/mol. The fourth-order valence-corrected chi connectivity index (χ4v) is 17.4. The van der Waals surface area contributed by atoms with Crippen molar-refractivity contribution in [3.8, 4) is 11.5 Å². The molecule has 23 heteroatoms. The predicted molar refractivity (Wildman–Crippen MR) is 341 cm³/mol. The number of nitrogens with zero attached hydrogens (tertiary/aromatic N) is 4. The lowest BCUT2D eigenvalue weighted by Gasteiger charge is -2.37. The third-order valence-electron chi connectivity index (χ3n) is 22.3. The summed E-state index contributed by atoms with van der Waals surface area (Å²) < 4.78 is 129. The minimum Gasteiger partial charge on any atom is -0.483 e. The van der Waals surface area contributed by atoms with Crippen molar-refractivity contribution in [3.05, 3.63) is 94.3 Å². The average Bonchev–Trinajstić information content (AvgIpc) is 1.62. The SMILES string of the molecule is CCOC(=O)[C@]12CC(=O)[C@@H]3C[C@]4(CCc5c(c(C)nc6c(C(F)(F)F)cccc56)O4)CN3C(=O)[C@@H](C)CCCCC/C=C\[C@@H]1C2.Cc1nc2c(C(F)(F)F)cccc2c2c1O[C@]1(CC2)C[C@H]2C(=O)C[C@]3(C(=O)NS(=O)(=O)C4(C)CC4)C[C@H]3/C=C\CCCCC[C@H](C)C(=O)N2C1. The number of para-hydroxylation sites is 2. The lowest BCUT2D eigenvalue weighted by atomic mass is 9.85. The van der Waals surface area contributed by atoms with Crippen LogP contribution in [0.3, 0.4) is 0 Å².